The zero-order valence-electron chi connectivity index (χ0n) is 8.72. The lowest BCUT2D eigenvalue weighted by molar-refractivity contribution is 0.883. The van der Waals surface area contributed by atoms with Gasteiger partial charge in [-0.05, 0) is 18.6 Å². The second-order valence-electron chi connectivity index (χ2n) is 3.42. The van der Waals surface area contributed by atoms with Gasteiger partial charge >= 0.3 is 0 Å². The molecule has 0 spiro atoms. The van der Waals surface area contributed by atoms with Crippen LogP contribution in [0.4, 0.5) is 0 Å². The highest BCUT2D eigenvalue weighted by atomic mass is 15.1. The molecule has 0 N–H and O–H groups in total. The number of aryl methyl sites for hydroxylation is 1. The Labute approximate surface area is 89.2 Å². The molecule has 3 heteroatoms. The van der Waals surface area contributed by atoms with Crippen molar-refractivity contribution >= 4 is 0 Å². The number of nitrogens with zero attached hydrogens (tertiary/aromatic N) is 3. The maximum absolute atomic E-state index is 4.40. The molecule has 0 radical (unpaired) electrons. The van der Waals surface area contributed by atoms with E-state index in [4.69, 9.17) is 0 Å². The van der Waals surface area contributed by atoms with Crippen LogP contribution in [0.5, 0.6) is 0 Å². The van der Waals surface area contributed by atoms with E-state index in [1.807, 2.05) is 12.3 Å². The van der Waals surface area contributed by atoms with Crippen molar-refractivity contribution in [3.63, 3.8) is 0 Å². The van der Waals surface area contributed by atoms with Crippen LogP contribution in [-0.4, -0.2) is 15.2 Å². The van der Waals surface area contributed by atoms with E-state index in [9.17, 15) is 0 Å². The Bertz CT molecular complexity index is 409. The smallest absolute Gasteiger partial charge is 0.0575 e. The average molecular weight is 199 g/mol. The molecular formula is C12H13N3. The molecule has 0 unspecified atom stereocenters. The summed E-state index contributed by atoms with van der Waals surface area (Å²) in [5.74, 6) is 0. The molecule has 0 saturated heterocycles. The molecule has 0 aromatic carbocycles. The van der Waals surface area contributed by atoms with E-state index in [1.165, 1.54) is 0 Å². The molecule has 0 atom stereocenters. The second kappa shape index (κ2) is 4.64. The molecular weight excluding hydrogens is 186 g/mol. The average Bonchev–Trinajstić information content (AvgIpc) is 2.32. The topological polar surface area (TPSA) is 38.7 Å². The largest absolute Gasteiger partial charge is 0.261 e. The van der Waals surface area contributed by atoms with E-state index in [0.29, 0.717) is 0 Å². The van der Waals surface area contributed by atoms with Crippen molar-refractivity contribution in [3.05, 3.63) is 42.5 Å². The lowest BCUT2D eigenvalue weighted by Crippen LogP contribution is -1.89. The molecule has 0 amide bonds. The van der Waals surface area contributed by atoms with Crippen LogP contribution in [0.3, 0.4) is 0 Å². The van der Waals surface area contributed by atoms with E-state index in [-0.39, 0.29) is 0 Å². The fourth-order valence-electron chi connectivity index (χ4n) is 1.46. The van der Waals surface area contributed by atoms with Crippen LogP contribution in [0.1, 0.15) is 19.0 Å². The molecule has 0 aliphatic carbocycles. The minimum Gasteiger partial charge on any atom is -0.261 e. The lowest BCUT2D eigenvalue weighted by Gasteiger charge is -2.01. The molecule has 0 bridgehead atoms. The molecule has 76 valence electrons. The molecule has 3 nitrogen and oxygen atoms in total. The zero-order valence-corrected chi connectivity index (χ0v) is 8.72. The Balaban J connectivity index is 2.24. The lowest BCUT2D eigenvalue weighted by atomic mass is 10.1. The van der Waals surface area contributed by atoms with Gasteiger partial charge in [-0.25, -0.2) is 0 Å². The normalized spacial score (nSPS) is 10.2. The summed E-state index contributed by atoms with van der Waals surface area (Å²) >= 11 is 0. The van der Waals surface area contributed by atoms with Crippen LogP contribution in [0.25, 0.3) is 11.1 Å². The number of rotatable bonds is 3. The fraction of sp³-hybridized carbons (Fsp3) is 0.250. The molecule has 15 heavy (non-hydrogen) atoms. The van der Waals surface area contributed by atoms with Gasteiger partial charge in [0.25, 0.3) is 0 Å². The Kier molecular flexibility index (Phi) is 3.02. The van der Waals surface area contributed by atoms with Crippen molar-refractivity contribution in [2.45, 2.75) is 19.8 Å². The van der Waals surface area contributed by atoms with E-state index in [0.717, 1.165) is 29.7 Å². The molecule has 0 aliphatic heterocycles. The summed E-state index contributed by atoms with van der Waals surface area (Å²) in [4.78, 5) is 4.40. The van der Waals surface area contributed by atoms with Gasteiger partial charge in [0, 0.05) is 23.0 Å². The van der Waals surface area contributed by atoms with Crippen molar-refractivity contribution in [2.24, 2.45) is 0 Å². The van der Waals surface area contributed by atoms with Crippen molar-refractivity contribution < 1.29 is 0 Å². The van der Waals surface area contributed by atoms with Gasteiger partial charge in [0.1, 0.15) is 0 Å². The number of hydrogen-bond acceptors (Lipinski definition) is 3. The SMILES string of the molecule is CCCc1ccc(-c2ccnnc2)cn1. The summed E-state index contributed by atoms with van der Waals surface area (Å²) in [5.41, 5.74) is 3.29. The molecule has 2 heterocycles. The summed E-state index contributed by atoms with van der Waals surface area (Å²) in [6.45, 7) is 2.16. The molecule has 2 aromatic rings. The summed E-state index contributed by atoms with van der Waals surface area (Å²) < 4.78 is 0. The molecule has 0 saturated carbocycles. The van der Waals surface area contributed by atoms with Crippen LogP contribution in [0.2, 0.25) is 0 Å². The third-order valence-electron chi connectivity index (χ3n) is 2.25. The van der Waals surface area contributed by atoms with E-state index < -0.39 is 0 Å². The molecule has 0 aliphatic rings. The minimum atomic E-state index is 1.04. The Morgan fingerprint density at radius 2 is 1.87 bits per heavy atom. The van der Waals surface area contributed by atoms with Crippen LogP contribution in [0.15, 0.2) is 36.8 Å². The molecule has 0 fully saturated rings. The Morgan fingerprint density at radius 1 is 1.00 bits per heavy atom. The predicted octanol–water partition coefficient (Wildman–Crippen LogP) is 2.49. The number of pyridine rings is 1. The van der Waals surface area contributed by atoms with Gasteiger partial charge in [-0.15, -0.1) is 0 Å². The second-order valence-corrected chi connectivity index (χ2v) is 3.42. The third-order valence-corrected chi connectivity index (χ3v) is 2.25. The summed E-state index contributed by atoms with van der Waals surface area (Å²) in [6.07, 6.45) is 7.49. The van der Waals surface area contributed by atoms with E-state index >= 15 is 0 Å². The standard InChI is InChI=1S/C12H13N3/c1-2-3-12-5-4-10(8-13-12)11-6-7-14-15-9-11/h4-9H,2-3H2,1H3. The highest BCUT2D eigenvalue weighted by Crippen LogP contribution is 2.16. The van der Waals surface area contributed by atoms with Crippen LogP contribution >= 0.6 is 0 Å². The summed E-state index contributed by atoms with van der Waals surface area (Å²) in [5, 5.41) is 7.59. The number of aromatic nitrogens is 3. The van der Waals surface area contributed by atoms with Crippen molar-refractivity contribution in [1.82, 2.24) is 15.2 Å². The first kappa shape index (κ1) is 9.77. The first-order valence-electron chi connectivity index (χ1n) is 5.12. The van der Waals surface area contributed by atoms with Crippen LogP contribution < -0.4 is 0 Å². The van der Waals surface area contributed by atoms with E-state index in [1.54, 1.807) is 12.4 Å². The maximum atomic E-state index is 4.40. The minimum absolute atomic E-state index is 1.04. The van der Waals surface area contributed by atoms with Gasteiger partial charge < -0.3 is 0 Å². The predicted molar refractivity (Wildman–Crippen MR) is 59.3 cm³/mol. The van der Waals surface area contributed by atoms with Gasteiger partial charge in [-0.2, -0.15) is 10.2 Å². The quantitative estimate of drug-likeness (QED) is 0.762. The zero-order chi connectivity index (χ0) is 10.5. The van der Waals surface area contributed by atoms with Crippen molar-refractivity contribution in [2.75, 3.05) is 0 Å². The maximum Gasteiger partial charge on any atom is 0.0575 e. The summed E-state index contributed by atoms with van der Waals surface area (Å²) in [6, 6.07) is 6.08. The molecule has 2 rings (SSSR count). The highest BCUT2D eigenvalue weighted by Gasteiger charge is 1.98. The monoisotopic (exact) mass is 199 g/mol. The van der Waals surface area contributed by atoms with E-state index in [2.05, 4.69) is 34.2 Å². The fourth-order valence-corrected chi connectivity index (χ4v) is 1.46. The third kappa shape index (κ3) is 2.37. The highest BCUT2D eigenvalue weighted by molar-refractivity contribution is 5.60. The van der Waals surface area contributed by atoms with Crippen molar-refractivity contribution in [3.8, 4) is 11.1 Å². The first-order valence-corrected chi connectivity index (χ1v) is 5.12. The summed E-state index contributed by atoms with van der Waals surface area (Å²) in [7, 11) is 0. The van der Waals surface area contributed by atoms with Crippen LogP contribution in [-0.2, 0) is 6.42 Å². The van der Waals surface area contributed by atoms with Gasteiger partial charge in [-0.1, -0.05) is 19.4 Å². The first-order chi connectivity index (χ1) is 7.40. The Morgan fingerprint density at radius 3 is 2.47 bits per heavy atom. The van der Waals surface area contributed by atoms with Gasteiger partial charge in [0.05, 0.1) is 12.4 Å². The molecule has 2 aromatic heterocycles. The number of hydrogen-bond donors (Lipinski definition) is 0. The van der Waals surface area contributed by atoms with Crippen LogP contribution in [0, 0.1) is 0 Å². The van der Waals surface area contributed by atoms with Gasteiger partial charge in [-0.3, -0.25) is 4.98 Å². The van der Waals surface area contributed by atoms with Gasteiger partial charge in [0.2, 0.25) is 0 Å². The van der Waals surface area contributed by atoms with Crippen molar-refractivity contribution in [1.29, 1.82) is 0 Å². The van der Waals surface area contributed by atoms with Gasteiger partial charge in [0.15, 0.2) is 0 Å². The Hall–Kier alpha value is -1.77.